The number of rotatable bonds is 13. The molecule has 5 N–H and O–H groups in total. The van der Waals surface area contributed by atoms with Crippen LogP contribution in [0.25, 0.3) is 0 Å². The number of hydrogen-bond donors (Lipinski definition) is 5. The SMILES string of the molecule is CN1CCN(/[N+]([O-])=N\Oc2cc(NCCC(=O)O[C@H]3CC[C@]4(C)[C@H]5CC=C6[C@@H]7CC(C)(C)CC[C@]7(C(=O)O[C@@H]7O[C@H](CO)[C@H](O)[C@H](O)[C@H]7O)CC[C@@]6(C)[C@]5(C)CC[C@H]4C3(C)C)c([N+](=O)[O-])cc2[N+](=O)[O-])CC1. The van der Waals surface area contributed by atoms with Gasteiger partial charge < -0.3 is 50.1 Å². The first-order valence-electron chi connectivity index (χ1n) is 25.6. The van der Waals surface area contributed by atoms with Gasteiger partial charge in [-0.15, -0.1) is 5.01 Å². The van der Waals surface area contributed by atoms with E-state index in [1.807, 2.05) is 11.9 Å². The Morgan fingerprint density at radius 2 is 1.53 bits per heavy atom. The van der Waals surface area contributed by atoms with Crippen LogP contribution in [0.3, 0.4) is 0 Å². The third kappa shape index (κ3) is 9.19. The number of carbonyl (C=O) groups excluding carboxylic acids is 2. The van der Waals surface area contributed by atoms with Crippen LogP contribution in [0.1, 0.15) is 119 Å². The number of carbonyl (C=O) groups is 2. The molecule has 0 aromatic heterocycles. The van der Waals surface area contributed by atoms with Gasteiger partial charge in [-0.05, 0) is 111 Å². The summed E-state index contributed by atoms with van der Waals surface area (Å²) >= 11 is 0. The van der Waals surface area contributed by atoms with E-state index < -0.39 is 93.2 Å². The van der Waals surface area contributed by atoms with E-state index in [9.17, 15) is 55.5 Å². The van der Waals surface area contributed by atoms with Crippen LogP contribution in [0.15, 0.2) is 29.1 Å². The van der Waals surface area contributed by atoms with Crippen molar-refractivity contribution < 1.29 is 63.9 Å². The first-order valence-corrected chi connectivity index (χ1v) is 25.6. The number of aliphatic hydroxyl groups is 4. The number of aliphatic hydroxyl groups excluding tert-OH is 4. The Hall–Kier alpha value is -4.74. The average Bonchev–Trinajstić information content (AvgIpc) is 3.31. The fraction of sp³-hybridized carbons (Fsp3) is 0.800. The second-order valence-corrected chi connectivity index (χ2v) is 24.0. The Morgan fingerprint density at radius 3 is 2.19 bits per heavy atom. The maximum Gasteiger partial charge on any atom is 0.321 e. The van der Waals surface area contributed by atoms with Gasteiger partial charge in [0.1, 0.15) is 42.3 Å². The quantitative estimate of drug-likeness (QED) is 0.0391. The number of nitrogens with zero attached hydrogens (tertiary/aromatic N) is 6. The number of likely N-dealkylation sites (N-methyl/N-ethyl adjacent to an activating group) is 1. The second kappa shape index (κ2) is 19.5. The van der Waals surface area contributed by atoms with E-state index in [0.29, 0.717) is 45.4 Å². The summed E-state index contributed by atoms with van der Waals surface area (Å²) in [7, 11) is 1.90. The molecule has 1 aromatic carbocycles. The van der Waals surface area contributed by atoms with E-state index in [1.165, 1.54) is 10.6 Å². The Morgan fingerprint density at radius 1 is 0.847 bits per heavy atom. The fourth-order valence-electron chi connectivity index (χ4n) is 14.9. The molecule has 2 saturated heterocycles. The molecule has 5 aliphatic carbocycles. The molecule has 0 bridgehead atoms. The molecule has 72 heavy (non-hydrogen) atoms. The van der Waals surface area contributed by atoms with E-state index in [0.717, 1.165) is 57.1 Å². The summed E-state index contributed by atoms with van der Waals surface area (Å²) in [4.78, 5) is 58.1. The van der Waals surface area contributed by atoms with E-state index in [2.05, 4.69) is 65.1 Å². The van der Waals surface area contributed by atoms with Crippen LogP contribution in [-0.2, 0) is 23.8 Å². The number of esters is 2. The minimum atomic E-state index is -1.69. The normalized spacial score (nSPS) is 38.4. The Balaban J connectivity index is 0.952. The van der Waals surface area contributed by atoms with Gasteiger partial charge in [-0.1, -0.05) is 60.1 Å². The highest BCUT2D eigenvalue weighted by Crippen LogP contribution is 2.76. The van der Waals surface area contributed by atoms with Crippen molar-refractivity contribution in [2.75, 3.05) is 51.7 Å². The number of nitro groups is 2. The Kier molecular flexibility index (Phi) is 14.5. The van der Waals surface area contributed by atoms with Crippen molar-refractivity contribution in [2.24, 2.45) is 55.5 Å². The van der Waals surface area contributed by atoms with Crippen LogP contribution < -0.4 is 10.2 Å². The number of nitro benzene ring substituents is 2. The molecule has 0 amide bonds. The number of piperazine rings is 1. The highest BCUT2D eigenvalue weighted by atomic mass is 16.7. The van der Waals surface area contributed by atoms with Crippen LogP contribution >= 0.6 is 0 Å². The monoisotopic (exact) mass is 1010 g/mol. The zero-order valence-corrected chi connectivity index (χ0v) is 42.9. The van der Waals surface area contributed by atoms with Gasteiger partial charge in [-0.25, -0.2) is 0 Å². The molecule has 0 radical (unpaired) electrons. The zero-order valence-electron chi connectivity index (χ0n) is 42.9. The molecule has 2 aliphatic heterocycles. The van der Waals surface area contributed by atoms with Gasteiger partial charge >= 0.3 is 17.6 Å². The number of benzene rings is 1. The minimum Gasteiger partial charge on any atom is -0.569 e. The second-order valence-electron chi connectivity index (χ2n) is 24.0. The van der Waals surface area contributed by atoms with Crippen LogP contribution in [-0.4, -0.2) is 140 Å². The maximum absolute atomic E-state index is 14.7. The molecule has 0 spiro atoms. The molecule has 2 heterocycles. The molecular weight excluding hydrogens is 939 g/mol. The third-order valence-corrected chi connectivity index (χ3v) is 19.4. The van der Waals surface area contributed by atoms with Crippen molar-refractivity contribution in [1.29, 1.82) is 0 Å². The lowest BCUT2D eigenvalue weighted by Crippen LogP contribution is -2.65. The van der Waals surface area contributed by atoms with Crippen molar-refractivity contribution in [1.82, 2.24) is 9.91 Å². The lowest BCUT2D eigenvalue weighted by molar-refractivity contribution is -0.709. The number of allylic oxidation sites excluding steroid dienone is 2. The van der Waals surface area contributed by atoms with Gasteiger partial charge in [0.15, 0.2) is 0 Å². The molecule has 22 heteroatoms. The maximum atomic E-state index is 14.7. The highest BCUT2D eigenvalue weighted by molar-refractivity contribution is 5.79. The predicted octanol–water partition coefficient (Wildman–Crippen LogP) is 5.78. The van der Waals surface area contributed by atoms with Crippen LogP contribution in [0.5, 0.6) is 5.75 Å². The van der Waals surface area contributed by atoms with Crippen molar-refractivity contribution >= 4 is 29.0 Å². The fourth-order valence-corrected chi connectivity index (χ4v) is 14.9. The van der Waals surface area contributed by atoms with Gasteiger partial charge in [0.25, 0.3) is 5.69 Å². The number of hydrazine groups is 1. The van der Waals surface area contributed by atoms with E-state index in [1.54, 1.807) is 0 Å². The number of ether oxygens (including phenoxy) is 3. The molecule has 1 aromatic rings. The van der Waals surface area contributed by atoms with Crippen molar-refractivity contribution in [2.45, 2.75) is 156 Å². The van der Waals surface area contributed by atoms with Crippen LogP contribution in [0.2, 0.25) is 0 Å². The number of nitrogens with one attached hydrogen (secondary N) is 1. The molecule has 8 rings (SSSR count). The third-order valence-electron chi connectivity index (χ3n) is 19.4. The standard InChI is InChI=1S/C50H75N7O15/c1-45(2)16-18-50(44(63)71-43-42(62)41(61)40(60)35(28-58)69-43)19-17-48(6)29(30(50)27-45)9-10-37-47(5)14-12-38(46(3,4)36(47)11-15-49(37,48)7)70-39(59)13-20-51-31-25-34(33(56(66)67)26-32(31)55(64)65)72-52-57(68)54-23-21-53(8)22-24-54/h9,25-26,30,35-38,40-43,51,58,60-62H,10-24,27-28H2,1-8H3/b57-52+/t30-,35+,36-,37+,38-,40-,41-,42+,43-,47-,48+,49+,50-/m0/s1. The van der Waals surface area contributed by atoms with Crippen LogP contribution in [0, 0.1) is 75.7 Å². The highest BCUT2D eigenvalue weighted by Gasteiger charge is 2.70. The summed E-state index contributed by atoms with van der Waals surface area (Å²) in [6.45, 7) is 17.2. The smallest absolute Gasteiger partial charge is 0.321 e. The summed E-state index contributed by atoms with van der Waals surface area (Å²) in [5.41, 5.74) is -2.14. The largest absolute Gasteiger partial charge is 0.569 e. The Labute approximate surface area is 419 Å². The Bertz CT molecular complexity index is 2340. The number of hydrogen-bond acceptors (Lipinski definition) is 18. The van der Waals surface area contributed by atoms with Gasteiger partial charge in [0.05, 0.1) is 46.3 Å². The van der Waals surface area contributed by atoms with Crippen molar-refractivity contribution in [3.05, 3.63) is 49.2 Å². The van der Waals surface area contributed by atoms with Gasteiger partial charge in [-0.3, -0.25) is 34.7 Å². The summed E-state index contributed by atoms with van der Waals surface area (Å²) in [6, 6.07) is 1.75. The predicted molar refractivity (Wildman–Crippen MR) is 257 cm³/mol. The number of fused-ring (bicyclic) bond motifs is 7. The molecule has 7 aliphatic rings. The minimum absolute atomic E-state index is 0.0574. The molecule has 22 nitrogen and oxygen atoms in total. The molecule has 4 saturated carbocycles. The van der Waals surface area contributed by atoms with Gasteiger partial charge in [0, 0.05) is 31.1 Å². The van der Waals surface area contributed by atoms with Crippen molar-refractivity contribution in [3.8, 4) is 5.75 Å². The lowest BCUT2D eigenvalue weighted by Gasteiger charge is -2.71. The summed E-state index contributed by atoms with van der Waals surface area (Å²) in [5, 5.41) is 85.9. The first kappa shape index (κ1) is 53.5. The van der Waals surface area contributed by atoms with Gasteiger partial charge in [0.2, 0.25) is 17.3 Å². The average molecular weight is 1010 g/mol. The van der Waals surface area contributed by atoms with E-state index in [4.69, 9.17) is 19.0 Å². The summed E-state index contributed by atoms with van der Waals surface area (Å²) in [6.07, 6.45) is 1.72. The topological polar surface area (TPSA) is 295 Å². The van der Waals surface area contributed by atoms with Gasteiger partial charge in [-0.2, -0.15) is 0 Å². The molecule has 13 atom stereocenters. The zero-order chi connectivity index (χ0) is 52.5. The first-order chi connectivity index (χ1) is 33.7. The van der Waals surface area contributed by atoms with E-state index in [-0.39, 0.29) is 63.0 Å². The molecular formula is C50H75N7O15. The molecule has 6 fully saturated rings. The lowest BCUT2D eigenvalue weighted by atomic mass is 9.33. The van der Waals surface area contributed by atoms with Crippen LogP contribution in [0.4, 0.5) is 17.1 Å². The van der Waals surface area contributed by atoms with Crippen molar-refractivity contribution in [3.63, 3.8) is 0 Å². The molecule has 0 unspecified atom stereocenters. The molecule has 400 valence electrons. The summed E-state index contributed by atoms with van der Waals surface area (Å²) < 4.78 is 17.9. The number of anilines is 1. The van der Waals surface area contributed by atoms with E-state index >= 15 is 0 Å². The summed E-state index contributed by atoms with van der Waals surface area (Å²) in [5.74, 6) is -1.14.